The van der Waals surface area contributed by atoms with E-state index in [1.54, 1.807) is 7.11 Å². The van der Waals surface area contributed by atoms with Crippen molar-refractivity contribution in [2.45, 2.75) is 32.3 Å². The highest BCUT2D eigenvalue weighted by Gasteiger charge is 2.09. The lowest BCUT2D eigenvalue weighted by molar-refractivity contribution is 0.0932. The summed E-state index contributed by atoms with van der Waals surface area (Å²) in [5.41, 5.74) is 1.14. The van der Waals surface area contributed by atoms with Crippen LogP contribution in [0.1, 0.15) is 26.2 Å². The second kappa shape index (κ2) is 5.84. The van der Waals surface area contributed by atoms with Gasteiger partial charge in [-0.25, -0.2) is 0 Å². The van der Waals surface area contributed by atoms with Crippen LogP contribution in [-0.2, 0) is 4.74 Å². The minimum Gasteiger partial charge on any atom is -0.513 e. The molecule has 0 saturated heterocycles. The molecule has 0 aromatic carbocycles. The Labute approximate surface area is 74.6 Å². The molecule has 0 amide bonds. The lowest BCUT2D eigenvalue weighted by Gasteiger charge is -2.14. The quantitative estimate of drug-likeness (QED) is 0.490. The molecule has 0 bridgehead atoms. The Kier molecular flexibility index (Phi) is 5.47. The van der Waals surface area contributed by atoms with Crippen LogP contribution < -0.4 is 0 Å². The molecule has 0 heterocycles. The van der Waals surface area contributed by atoms with Gasteiger partial charge in [-0.1, -0.05) is 25.7 Å². The molecule has 2 nitrogen and oxygen atoms in total. The van der Waals surface area contributed by atoms with E-state index in [2.05, 4.69) is 20.1 Å². The molecular formula is C10H18O2. The maximum absolute atomic E-state index is 8.94. The van der Waals surface area contributed by atoms with Crippen molar-refractivity contribution in [1.82, 2.24) is 0 Å². The van der Waals surface area contributed by atoms with Crippen LogP contribution in [0.25, 0.3) is 0 Å². The zero-order valence-corrected chi connectivity index (χ0v) is 7.97. The zero-order chi connectivity index (χ0) is 9.56. The summed E-state index contributed by atoms with van der Waals surface area (Å²) >= 11 is 0. The number of aliphatic hydroxyl groups is 1. The minimum absolute atomic E-state index is 0.0231. The molecule has 12 heavy (non-hydrogen) atoms. The Morgan fingerprint density at radius 3 is 2.33 bits per heavy atom. The largest absolute Gasteiger partial charge is 0.513 e. The van der Waals surface area contributed by atoms with Crippen LogP contribution in [0, 0.1) is 0 Å². The third-order valence-corrected chi connectivity index (χ3v) is 1.81. The fourth-order valence-electron chi connectivity index (χ4n) is 0.968. The van der Waals surface area contributed by atoms with Crippen LogP contribution in [0.15, 0.2) is 24.5 Å². The summed E-state index contributed by atoms with van der Waals surface area (Å²) in [6.45, 7) is 9.36. The van der Waals surface area contributed by atoms with Crippen LogP contribution in [0.2, 0.25) is 0 Å². The third-order valence-electron chi connectivity index (χ3n) is 1.81. The molecule has 1 unspecified atom stereocenters. The summed E-state index contributed by atoms with van der Waals surface area (Å²) in [4.78, 5) is 0. The van der Waals surface area contributed by atoms with Crippen molar-refractivity contribution in [3.63, 3.8) is 0 Å². The molecule has 0 radical (unpaired) electrons. The molecule has 70 valence electrons. The third kappa shape index (κ3) is 4.97. The summed E-state index contributed by atoms with van der Waals surface area (Å²) in [6, 6.07) is 0. The van der Waals surface area contributed by atoms with Gasteiger partial charge in [-0.15, -0.1) is 0 Å². The number of methoxy groups -OCH3 is 1. The van der Waals surface area contributed by atoms with Gasteiger partial charge in [0.1, 0.15) is 0 Å². The predicted octanol–water partition coefficient (Wildman–Crippen LogP) is 2.82. The number of hydrogen-bond donors (Lipinski definition) is 1. The van der Waals surface area contributed by atoms with Crippen LogP contribution in [0.5, 0.6) is 0 Å². The van der Waals surface area contributed by atoms with Crippen LogP contribution in [0.4, 0.5) is 0 Å². The highest BCUT2D eigenvalue weighted by molar-refractivity contribution is 4.97. The summed E-state index contributed by atoms with van der Waals surface area (Å²) < 4.78 is 5.15. The Bertz CT molecular complexity index is 161. The van der Waals surface area contributed by atoms with E-state index in [-0.39, 0.29) is 11.9 Å². The summed E-state index contributed by atoms with van der Waals surface area (Å²) in [5.74, 6) is 0.172. The Morgan fingerprint density at radius 1 is 1.42 bits per heavy atom. The van der Waals surface area contributed by atoms with E-state index in [0.29, 0.717) is 6.42 Å². The number of hydrogen-bond acceptors (Lipinski definition) is 2. The first-order valence-electron chi connectivity index (χ1n) is 4.16. The lowest BCUT2D eigenvalue weighted by Crippen LogP contribution is -2.11. The van der Waals surface area contributed by atoms with Crippen molar-refractivity contribution in [1.29, 1.82) is 0 Å². The van der Waals surface area contributed by atoms with Gasteiger partial charge < -0.3 is 9.84 Å². The lowest BCUT2D eigenvalue weighted by atomic mass is 10.0. The van der Waals surface area contributed by atoms with Crippen molar-refractivity contribution in [2.75, 3.05) is 7.11 Å². The van der Waals surface area contributed by atoms with E-state index < -0.39 is 0 Å². The number of aliphatic hydroxyl groups excluding tert-OH is 1. The SMILES string of the molecule is C=C(O)CC(CC(=C)CC)OC. The molecule has 0 aromatic heterocycles. The molecule has 0 aliphatic heterocycles. The van der Waals surface area contributed by atoms with Gasteiger partial charge in [0, 0.05) is 13.5 Å². The average Bonchev–Trinajstić information content (AvgIpc) is 2.02. The van der Waals surface area contributed by atoms with E-state index >= 15 is 0 Å². The van der Waals surface area contributed by atoms with E-state index in [1.807, 2.05) is 0 Å². The second-order valence-electron chi connectivity index (χ2n) is 2.94. The van der Waals surface area contributed by atoms with Gasteiger partial charge in [0.05, 0.1) is 11.9 Å². The van der Waals surface area contributed by atoms with E-state index in [0.717, 1.165) is 18.4 Å². The summed E-state index contributed by atoms with van der Waals surface area (Å²) in [5, 5.41) is 8.94. The highest BCUT2D eigenvalue weighted by atomic mass is 16.5. The van der Waals surface area contributed by atoms with Crippen LogP contribution in [-0.4, -0.2) is 18.3 Å². The van der Waals surface area contributed by atoms with Gasteiger partial charge in [0.2, 0.25) is 0 Å². The Morgan fingerprint density at radius 2 is 2.00 bits per heavy atom. The van der Waals surface area contributed by atoms with Crippen LogP contribution in [0.3, 0.4) is 0 Å². The van der Waals surface area contributed by atoms with Gasteiger partial charge in [0.15, 0.2) is 0 Å². The molecule has 0 rings (SSSR count). The van der Waals surface area contributed by atoms with Crippen molar-refractivity contribution >= 4 is 0 Å². The van der Waals surface area contributed by atoms with Gasteiger partial charge in [-0.05, 0) is 12.8 Å². The molecule has 0 aliphatic carbocycles. The minimum atomic E-state index is 0.0231. The number of ether oxygens (including phenoxy) is 1. The molecule has 0 aromatic rings. The van der Waals surface area contributed by atoms with E-state index in [4.69, 9.17) is 9.84 Å². The average molecular weight is 170 g/mol. The first-order valence-corrected chi connectivity index (χ1v) is 4.16. The molecule has 0 aliphatic rings. The smallest absolute Gasteiger partial charge is 0.0877 e. The first kappa shape index (κ1) is 11.2. The van der Waals surface area contributed by atoms with Crippen LogP contribution >= 0.6 is 0 Å². The summed E-state index contributed by atoms with van der Waals surface area (Å²) in [6.07, 6.45) is 2.27. The maximum Gasteiger partial charge on any atom is 0.0877 e. The van der Waals surface area contributed by atoms with Crippen molar-refractivity contribution in [3.05, 3.63) is 24.5 Å². The van der Waals surface area contributed by atoms with E-state index in [1.165, 1.54) is 0 Å². The topological polar surface area (TPSA) is 29.5 Å². The monoisotopic (exact) mass is 170 g/mol. The fraction of sp³-hybridized carbons (Fsp3) is 0.600. The van der Waals surface area contributed by atoms with Crippen molar-refractivity contribution in [3.8, 4) is 0 Å². The van der Waals surface area contributed by atoms with Gasteiger partial charge in [-0.3, -0.25) is 0 Å². The highest BCUT2D eigenvalue weighted by Crippen LogP contribution is 2.14. The number of rotatable bonds is 6. The Hall–Kier alpha value is -0.760. The second-order valence-corrected chi connectivity index (χ2v) is 2.94. The normalized spacial score (nSPS) is 12.5. The molecule has 2 heteroatoms. The van der Waals surface area contributed by atoms with Crippen molar-refractivity contribution in [2.24, 2.45) is 0 Å². The summed E-state index contributed by atoms with van der Waals surface area (Å²) in [7, 11) is 1.64. The zero-order valence-electron chi connectivity index (χ0n) is 7.97. The van der Waals surface area contributed by atoms with Crippen molar-refractivity contribution < 1.29 is 9.84 Å². The maximum atomic E-state index is 8.94. The molecule has 0 saturated carbocycles. The van der Waals surface area contributed by atoms with E-state index in [9.17, 15) is 0 Å². The Balaban J connectivity index is 3.82. The molecule has 0 spiro atoms. The van der Waals surface area contributed by atoms with Gasteiger partial charge in [0.25, 0.3) is 0 Å². The molecule has 1 N–H and O–H groups in total. The molecular weight excluding hydrogens is 152 g/mol. The first-order chi connectivity index (χ1) is 5.60. The van der Waals surface area contributed by atoms with Gasteiger partial charge in [-0.2, -0.15) is 0 Å². The molecule has 1 atom stereocenters. The fourth-order valence-corrected chi connectivity index (χ4v) is 0.968. The standard InChI is InChI=1S/C10H18O2/c1-5-8(2)6-10(12-4)7-9(3)11/h10-11H,2-3,5-7H2,1,4H3. The van der Waals surface area contributed by atoms with Gasteiger partial charge >= 0.3 is 0 Å². The molecule has 0 fully saturated rings. The predicted molar refractivity (Wildman–Crippen MR) is 51.2 cm³/mol.